The minimum atomic E-state index is -1.10. The van der Waals surface area contributed by atoms with Crippen LogP contribution >= 0.6 is 0 Å². The van der Waals surface area contributed by atoms with Crippen molar-refractivity contribution in [2.75, 3.05) is 13.2 Å². The summed E-state index contributed by atoms with van der Waals surface area (Å²) in [5.41, 5.74) is -0.671. The highest BCUT2D eigenvalue weighted by Crippen LogP contribution is 2.41. The largest absolute Gasteiger partial charge is 0.478 e. The molecule has 0 bridgehead atoms. The average Bonchev–Trinajstić information content (AvgIpc) is 3.35. The number of aromatic nitrogens is 1. The second-order valence-corrected chi connectivity index (χ2v) is 13.8. The molecule has 2 aromatic rings. The molecule has 2 saturated carbocycles. The first-order chi connectivity index (χ1) is 21.1. The maximum Gasteiger partial charge on any atom is 0.478 e. The van der Waals surface area contributed by atoms with Gasteiger partial charge in [-0.1, -0.05) is 39.0 Å². The molecule has 2 saturated heterocycles. The first-order valence-electron chi connectivity index (χ1n) is 16.0. The molecule has 2 aliphatic heterocycles. The van der Waals surface area contributed by atoms with Crippen molar-refractivity contribution in [1.82, 2.24) is 20.5 Å². The number of alkyl carbamates (subject to hydrolysis) is 1. The van der Waals surface area contributed by atoms with E-state index in [9.17, 15) is 19.4 Å². The van der Waals surface area contributed by atoms with Crippen LogP contribution in [0.3, 0.4) is 0 Å². The fourth-order valence-electron chi connectivity index (χ4n) is 6.86. The summed E-state index contributed by atoms with van der Waals surface area (Å²) < 4.78 is 17.5. The maximum atomic E-state index is 14.3. The number of hydrogen-bond donors (Lipinski definition) is 3. The Morgan fingerprint density at radius 1 is 1.09 bits per heavy atom. The van der Waals surface area contributed by atoms with Gasteiger partial charge in [-0.3, -0.25) is 9.59 Å². The minimum absolute atomic E-state index is 0.0285. The molecule has 2 aliphatic carbocycles. The number of carbonyl (C=O) groups excluding carboxylic acids is 3. The van der Waals surface area contributed by atoms with E-state index in [2.05, 4.69) is 15.6 Å². The van der Waals surface area contributed by atoms with E-state index in [-0.39, 0.29) is 36.8 Å². The normalized spacial score (nSPS) is 26.5. The lowest BCUT2D eigenvalue weighted by Crippen LogP contribution is -2.59. The van der Waals surface area contributed by atoms with Crippen LogP contribution in [0.4, 0.5) is 4.79 Å². The molecule has 1 aromatic carbocycles. The van der Waals surface area contributed by atoms with Crippen LogP contribution in [0.1, 0.15) is 65.7 Å². The van der Waals surface area contributed by atoms with Crippen molar-refractivity contribution in [3.05, 3.63) is 36.5 Å². The minimum Gasteiger partial charge on any atom is -0.472 e. The van der Waals surface area contributed by atoms with Crippen molar-refractivity contribution in [3.8, 4) is 5.88 Å². The van der Waals surface area contributed by atoms with Crippen LogP contribution < -0.4 is 15.4 Å². The molecule has 1 aromatic heterocycles. The van der Waals surface area contributed by atoms with Gasteiger partial charge in [0.1, 0.15) is 24.3 Å². The molecule has 3 amide bonds. The standard InChI is InChI=1S/C32H43BN4O7/c1-32(2,3)26(35-31(40)44-21-9-5-6-10-21)30(39)37-17-22(43-29-23-11-7-4-8-19(23)14-15-34-29)16-25(37)28(38)36-27-24(20-12-13-20)18-42-33(27)41/h4,7-8,11,14-15,20-22,24-27,41H,5-6,9-10,12-13,16-18H2,1-3H3,(H,35,40)(H,36,38)/t22-,24-,25+,26-,27+/m1/s1. The lowest BCUT2D eigenvalue weighted by molar-refractivity contribution is -0.142. The highest BCUT2D eigenvalue weighted by molar-refractivity contribution is 6.46. The predicted octanol–water partition coefficient (Wildman–Crippen LogP) is 3.23. The highest BCUT2D eigenvalue weighted by Gasteiger charge is 2.51. The predicted molar refractivity (Wildman–Crippen MR) is 163 cm³/mol. The number of hydrogen-bond acceptors (Lipinski definition) is 8. The number of rotatable bonds is 8. The summed E-state index contributed by atoms with van der Waals surface area (Å²) in [7, 11) is -1.10. The first-order valence-corrected chi connectivity index (χ1v) is 16.0. The van der Waals surface area contributed by atoms with E-state index in [0.717, 1.165) is 49.3 Å². The van der Waals surface area contributed by atoms with Crippen molar-refractivity contribution in [2.45, 2.75) is 95.9 Å². The van der Waals surface area contributed by atoms with Crippen molar-refractivity contribution in [2.24, 2.45) is 17.3 Å². The number of likely N-dealkylation sites (tertiary alicyclic amines) is 1. The van der Waals surface area contributed by atoms with Crippen LogP contribution in [0.15, 0.2) is 36.5 Å². The molecule has 3 N–H and O–H groups in total. The third-order valence-electron chi connectivity index (χ3n) is 9.48. The Bertz CT molecular complexity index is 1370. The van der Waals surface area contributed by atoms with E-state index in [0.29, 0.717) is 18.4 Å². The summed E-state index contributed by atoms with van der Waals surface area (Å²) in [6.07, 6.45) is 6.35. The number of fused-ring (bicyclic) bond motifs is 1. The van der Waals surface area contributed by atoms with Crippen molar-refractivity contribution >= 4 is 35.8 Å². The molecule has 4 aliphatic rings. The lowest BCUT2D eigenvalue weighted by Gasteiger charge is -2.35. The molecule has 11 nitrogen and oxygen atoms in total. The van der Waals surface area contributed by atoms with Crippen LogP contribution in [0, 0.1) is 17.3 Å². The monoisotopic (exact) mass is 606 g/mol. The van der Waals surface area contributed by atoms with Crippen molar-refractivity contribution < 1.29 is 33.5 Å². The van der Waals surface area contributed by atoms with E-state index in [1.54, 1.807) is 6.20 Å². The van der Waals surface area contributed by atoms with Gasteiger partial charge in [-0.2, -0.15) is 0 Å². The van der Waals surface area contributed by atoms with Crippen molar-refractivity contribution in [1.29, 1.82) is 0 Å². The zero-order valence-corrected chi connectivity index (χ0v) is 25.7. The molecule has 0 radical (unpaired) electrons. The number of nitrogens with one attached hydrogen (secondary N) is 2. The van der Waals surface area contributed by atoms with Gasteiger partial charge in [-0.05, 0) is 67.4 Å². The number of amides is 3. The molecule has 236 valence electrons. The van der Waals surface area contributed by atoms with Crippen LogP contribution in [-0.4, -0.2) is 83.3 Å². The second kappa shape index (κ2) is 12.6. The first kappa shape index (κ1) is 30.6. The summed E-state index contributed by atoms with van der Waals surface area (Å²) in [6, 6.07) is 7.82. The van der Waals surface area contributed by atoms with Crippen molar-refractivity contribution in [3.63, 3.8) is 0 Å². The molecular weight excluding hydrogens is 563 g/mol. The molecule has 6 rings (SSSR count). The molecule has 0 spiro atoms. The molecule has 4 fully saturated rings. The molecule has 0 unspecified atom stereocenters. The van der Waals surface area contributed by atoms with Gasteiger partial charge in [0.05, 0.1) is 12.5 Å². The second-order valence-electron chi connectivity index (χ2n) is 13.8. The Balaban J connectivity index is 1.24. The quantitative estimate of drug-likeness (QED) is 0.390. The van der Waals surface area contributed by atoms with Gasteiger partial charge >= 0.3 is 13.2 Å². The summed E-state index contributed by atoms with van der Waals surface area (Å²) in [5.74, 6) is -0.449. The van der Waals surface area contributed by atoms with Gasteiger partial charge in [0.25, 0.3) is 0 Å². The fraction of sp³-hybridized carbons (Fsp3) is 0.625. The third kappa shape index (κ3) is 6.66. The van der Waals surface area contributed by atoms with Gasteiger partial charge in [0.2, 0.25) is 17.7 Å². The molecular formula is C32H43BN4O7. The fourth-order valence-corrected chi connectivity index (χ4v) is 6.86. The van der Waals surface area contributed by atoms with Crippen LogP contribution in [0.25, 0.3) is 10.8 Å². The number of benzene rings is 1. The number of nitrogens with zero attached hydrogens (tertiary/aromatic N) is 2. The SMILES string of the molecule is CC(C)(C)[C@H](NC(=O)OC1CCCC1)C(=O)N1C[C@H](Oc2nccc3ccccc23)C[C@H]1C(=O)N[C@@H]1B(O)OC[C@@H]1C1CC1. The Hall–Kier alpha value is -3.38. The van der Waals surface area contributed by atoms with E-state index in [4.69, 9.17) is 14.1 Å². The summed E-state index contributed by atoms with van der Waals surface area (Å²) in [5, 5.41) is 18.2. The van der Waals surface area contributed by atoms with E-state index < -0.39 is 42.8 Å². The van der Waals surface area contributed by atoms with Gasteiger partial charge in [-0.15, -0.1) is 0 Å². The summed E-state index contributed by atoms with van der Waals surface area (Å²) in [6.45, 7) is 6.14. The maximum absolute atomic E-state index is 14.3. The third-order valence-corrected chi connectivity index (χ3v) is 9.48. The van der Waals surface area contributed by atoms with Gasteiger partial charge < -0.3 is 34.7 Å². The Labute approximate surface area is 258 Å². The van der Waals surface area contributed by atoms with Crippen LogP contribution in [0.2, 0.25) is 0 Å². The zero-order valence-electron chi connectivity index (χ0n) is 25.7. The number of carbonyl (C=O) groups is 3. The zero-order chi connectivity index (χ0) is 31.0. The van der Waals surface area contributed by atoms with E-state index >= 15 is 0 Å². The summed E-state index contributed by atoms with van der Waals surface area (Å²) in [4.78, 5) is 47.1. The molecule has 5 atom stereocenters. The molecule has 12 heteroatoms. The topological polar surface area (TPSA) is 139 Å². The smallest absolute Gasteiger partial charge is 0.472 e. The van der Waals surface area contributed by atoms with E-state index in [1.165, 1.54) is 4.90 Å². The average molecular weight is 607 g/mol. The van der Waals surface area contributed by atoms with Gasteiger partial charge in [0, 0.05) is 30.5 Å². The Morgan fingerprint density at radius 3 is 2.57 bits per heavy atom. The van der Waals surface area contributed by atoms with Crippen LogP contribution in [-0.2, 0) is 19.0 Å². The number of pyridine rings is 1. The van der Waals surface area contributed by atoms with Gasteiger partial charge in [0.15, 0.2) is 0 Å². The molecule has 3 heterocycles. The van der Waals surface area contributed by atoms with E-state index in [1.807, 2.05) is 51.1 Å². The summed E-state index contributed by atoms with van der Waals surface area (Å²) >= 11 is 0. The van der Waals surface area contributed by atoms with Crippen LogP contribution in [0.5, 0.6) is 5.88 Å². The Morgan fingerprint density at radius 2 is 1.84 bits per heavy atom. The molecule has 44 heavy (non-hydrogen) atoms. The lowest BCUT2D eigenvalue weighted by atomic mass is 9.73. The Kier molecular flexibility index (Phi) is 8.74. The van der Waals surface area contributed by atoms with Gasteiger partial charge in [-0.25, -0.2) is 9.78 Å². The number of ether oxygens (including phenoxy) is 2. The highest BCUT2D eigenvalue weighted by atomic mass is 16.6.